The highest BCUT2D eigenvalue weighted by atomic mass is 32.2. The zero-order chi connectivity index (χ0) is 25.3. The molecule has 34 heavy (non-hydrogen) atoms. The van der Waals surface area contributed by atoms with Crippen LogP contribution in [0.3, 0.4) is 0 Å². The van der Waals surface area contributed by atoms with E-state index >= 15 is 0 Å². The molecular weight excluding hydrogens is 478 g/mol. The summed E-state index contributed by atoms with van der Waals surface area (Å²) < 4.78 is 53.1. The van der Waals surface area contributed by atoms with Gasteiger partial charge in [-0.2, -0.15) is 17.0 Å². The third kappa shape index (κ3) is 6.37. The highest BCUT2D eigenvalue weighted by molar-refractivity contribution is 7.91. The largest absolute Gasteiger partial charge is 0.390 e. The molecule has 192 valence electrons. The molecule has 2 aliphatic heterocycles. The van der Waals surface area contributed by atoms with E-state index in [9.17, 15) is 26.7 Å². The lowest BCUT2D eigenvalue weighted by Crippen LogP contribution is -2.53. The van der Waals surface area contributed by atoms with Gasteiger partial charge in [-0.15, -0.1) is 0 Å². The molecule has 0 aromatic heterocycles. The number of carbonyl (C=O) groups excluding carboxylic acids is 1. The number of sulfone groups is 1. The fourth-order valence-corrected chi connectivity index (χ4v) is 8.92. The minimum absolute atomic E-state index is 0.0854. The molecule has 0 radical (unpaired) electrons. The Morgan fingerprint density at radius 1 is 1.18 bits per heavy atom. The van der Waals surface area contributed by atoms with Gasteiger partial charge in [-0.25, -0.2) is 8.42 Å². The summed E-state index contributed by atoms with van der Waals surface area (Å²) in [7, 11) is -7.05. The first-order valence-corrected chi connectivity index (χ1v) is 14.9. The van der Waals surface area contributed by atoms with Gasteiger partial charge in [0.05, 0.1) is 29.6 Å². The van der Waals surface area contributed by atoms with E-state index in [2.05, 4.69) is 5.32 Å². The summed E-state index contributed by atoms with van der Waals surface area (Å²) >= 11 is 0. The molecule has 3 rings (SSSR count). The van der Waals surface area contributed by atoms with E-state index in [0.717, 1.165) is 5.56 Å². The van der Waals surface area contributed by atoms with E-state index in [1.807, 2.05) is 58.0 Å². The number of rotatable bonds is 7. The lowest BCUT2D eigenvalue weighted by molar-refractivity contribution is -0.126. The van der Waals surface area contributed by atoms with E-state index in [1.54, 1.807) is 0 Å². The highest BCUT2D eigenvalue weighted by Crippen LogP contribution is 2.31. The van der Waals surface area contributed by atoms with Crippen LogP contribution in [0, 0.1) is 5.92 Å². The topological polar surface area (TPSA) is 124 Å². The molecule has 9 nitrogen and oxygen atoms in total. The number of hydrogen-bond acceptors (Lipinski definition) is 6. The molecule has 4 atom stereocenters. The summed E-state index contributed by atoms with van der Waals surface area (Å²) in [6, 6.07) is 8.27. The summed E-state index contributed by atoms with van der Waals surface area (Å²) in [4.78, 5) is 13.0. The van der Waals surface area contributed by atoms with E-state index in [4.69, 9.17) is 0 Å². The van der Waals surface area contributed by atoms with Gasteiger partial charge >= 0.3 is 0 Å². The molecule has 0 saturated carbocycles. The van der Waals surface area contributed by atoms with Gasteiger partial charge in [0.25, 0.3) is 10.2 Å². The molecule has 2 heterocycles. The first-order chi connectivity index (χ1) is 15.7. The Morgan fingerprint density at radius 3 is 2.38 bits per heavy atom. The Labute approximate surface area is 203 Å². The first kappa shape index (κ1) is 27.1. The standard InChI is InChI=1S/C23H37N3O6S2/c1-17-14-25(34(31,32)26(17)23(2,3)4)15-21(27)20(13-18-9-6-5-7-10-18)24-22(28)19-11-8-12-33(29,30)16-19/h5-7,9-10,17,19-21,27H,8,11-16H2,1-4H3,(H,24,28)/t17?,19?,20-,21+/m0/s1. The second-order valence-electron chi connectivity index (χ2n) is 10.5. The Kier molecular flexibility index (Phi) is 8.13. The number of β-amino-alcohol motifs (C(OH)–C–C–N with tert-alkyl or cyclic N) is 1. The van der Waals surface area contributed by atoms with Crippen LogP contribution < -0.4 is 5.32 Å². The third-order valence-electron chi connectivity index (χ3n) is 6.42. The van der Waals surface area contributed by atoms with E-state index in [-0.39, 0.29) is 30.6 Å². The fraction of sp³-hybridized carbons (Fsp3) is 0.696. The van der Waals surface area contributed by atoms with Gasteiger partial charge in [-0.1, -0.05) is 30.3 Å². The molecule has 1 amide bonds. The van der Waals surface area contributed by atoms with Crippen molar-refractivity contribution in [1.82, 2.24) is 13.9 Å². The van der Waals surface area contributed by atoms with Crippen LogP contribution >= 0.6 is 0 Å². The van der Waals surface area contributed by atoms with Crippen molar-refractivity contribution in [1.29, 1.82) is 0 Å². The fourth-order valence-electron chi connectivity index (χ4n) is 5.01. The molecule has 2 unspecified atom stereocenters. The minimum Gasteiger partial charge on any atom is -0.390 e. The molecule has 0 bridgehead atoms. The summed E-state index contributed by atoms with van der Waals surface area (Å²) in [5, 5.41) is 14.0. The zero-order valence-corrected chi connectivity index (χ0v) is 22.0. The lowest BCUT2D eigenvalue weighted by atomic mass is 9.98. The molecule has 1 aromatic carbocycles. The molecule has 0 aliphatic carbocycles. The van der Waals surface area contributed by atoms with Gasteiger partial charge in [0.2, 0.25) is 5.91 Å². The zero-order valence-electron chi connectivity index (χ0n) is 20.3. The lowest BCUT2D eigenvalue weighted by Gasteiger charge is -2.34. The number of amides is 1. The quantitative estimate of drug-likeness (QED) is 0.557. The number of carbonyl (C=O) groups is 1. The predicted octanol–water partition coefficient (Wildman–Crippen LogP) is 0.949. The molecular formula is C23H37N3O6S2. The molecule has 0 spiro atoms. The normalized spacial score (nSPS) is 27.2. The maximum Gasteiger partial charge on any atom is 0.282 e. The van der Waals surface area contributed by atoms with Crippen molar-refractivity contribution in [3.63, 3.8) is 0 Å². The number of nitrogens with one attached hydrogen (secondary N) is 1. The van der Waals surface area contributed by atoms with E-state index < -0.39 is 49.6 Å². The van der Waals surface area contributed by atoms with Gasteiger partial charge in [-0.3, -0.25) is 4.79 Å². The van der Waals surface area contributed by atoms with Crippen molar-refractivity contribution < 1.29 is 26.7 Å². The van der Waals surface area contributed by atoms with Crippen LogP contribution in [0.1, 0.15) is 46.1 Å². The van der Waals surface area contributed by atoms with Crippen molar-refractivity contribution in [3.8, 4) is 0 Å². The predicted molar refractivity (Wildman–Crippen MR) is 131 cm³/mol. The summed E-state index contributed by atoms with van der Waals surface area (Å²) in [5.74, 6) is -1.21. The smallest absolute Gasteiger partial charge is 0.282 e. The van der Waals surface area contributed by atoms with Crippen LogP contribution in [-0.2, 0) is 31.3 Å². The van der Waals surface area contributed by atoms with Crippen molar-refractivity contribution >= 4 is 26.0 Å². The maximum absolute atomic E-state index is 13.2. The SMILES string of the molecule is CC1CN(C[C@@H](O)[C@H](Cc2ccccc2)NC(=O)C2CCCS(=O)(=O)C2)S(=O)(=O)N1C(C)(C)C. The molecule has 11 heteroatoms. The van der Waals surface area contributed by atoms with Gasteiger partial charge in [0.1, 0.15) is 0 Å². The molecule has 1 aromatic rings. The van der Waals surface area contributed by atoms with Crippen molar-refractivity contribution in [2.24, 2.45) is 5.92 Å². The monoisotopic (exact) mass is 515 g/mol. The number of nitrogens with zero attached hydrogens (tertiary/aromatic N) is 2. The number of aliphatic hydroxyl groups is 1. The Balaban J connectivity index is 1.78. The van der Waals surface area contributed by atoms with Crippen LogP contribution in [0.5, 0.6) is 0 Å². The Hall–Kier alpha value is -1.53. The Morgan fingerprint density at radius 2 is 1.82 bits per heavy atom. The van der Waals surface area contributed by atoms with Crippen LogP contribution in [0.4, 0.5) is 0 Å². The van der Waals surface area contributed by atoms with E-state index in [1.165, 1.54) is 8.61 Å². The van der Waals surface area contributed by atoms with Crippen molar-refractivity contribution in [2.45, 2.75) is 70.7 Å². The van der Waals surface area contributed by atoms with Gasteiger partial charge in [-0.05, 0) is 52.5 Å². The highest BCUT2D eigenvalue weighted by Gasteiger charge is 2.48. The van der Waals surface area contributed by atoms with Crippen LogP contribution in [-0.4, -0.2) is 84.8 Å². The van der Waals surface area contributed by atoms with Gasteiger partial charge in [0.15, 0.2) is 9.84 Å². The second-order valence-corrected chi connectivity index (χ2v) is 14.5. The molecule has 2 saturated heterocycles. The van der Waals surface area contributed by atoms with E-state index in [0.29, 0.717) is 19.3 Å². The van der Waals surface area contributed by atoms with Gasteiger partial charge < -0.3 is 10.4 Å². The van der Waals surface area contributed by atoms with Gasteiger partial charge in [0, 0.05) is 24.7 Å². The average molecular weight is 516 g/mol. The Bertz CT molecular complexity index is 1070. The minimum atomic E-state index is -3.79. The third-order valence-corrected chi connectivity index (χ3v) is 10.6. The summed E-state index contributed by atoms with van der Waals surface area (Å²) in [5.41, 5.74) is 0.263. The van der Waals surface area contributed by atoms with Crippen LogP contribution in [0.25, 0.3) is 0 Å². The summed E-state index contributed by atoms with van der Waals surface area (Å²) in [6.45, 7) is 7.40. The number of hydrogen-bond donors (Lipinski definition) is 2. The van der Waals surface area contributed by atoms with Crippen molar-refractivity contribution in [2.75, 3.05) is 24.6 Å². The molecule has 2 fully saturated rings. The number of aliphatic hydroxyl groups excluding tert-OH is 1. The molecule has 2 aliphatic rings. The average Bonchev–Trinajstić information content (AvgIpc) is 2.94. The first-order valence-electron chi connectivity index (χ1n) is 11.7. The number of benzene rings is 1. The molecule has 2 N–H and O–H groups in total. The second kappa shape index (κ2) is 10.2. The van der Waals surface area contributed by atoms with Crippen LogP contribution in [0.15, 0.2) is 30.3 Å². The maximum atomic E-state index is 13.2. The summed E-state index contributed by atoms with van der Waals surface area (Å²) in [6.07, 6.45) is 0.0160. The van der Waals surface area contributed by atoms with Crippen molar-refractivity contribution in [3.05, 3.63) is 35.9 Å². The van der Waals surface area contributed by atoms with Crippen LogP contribution in [0.2, 0.25) is 0 Å².